The Balaban J connectivity index is 2.26. The molecule has 0 aliphatic rings. The number of rotatable bonds is 2. The van der Waals surface area contributed by atoms with Crippen molar-refractivity contribution in [2.45, 2.75) is 0 Å². The van der Waals surface area contributed by atoms with Gasteiger partial charge in [0.15, 0.2) is 11.3 Å². The molecule has 0 N–H and O–H groups in total. The third-order valence-electron chi connectivity index (χ3n) is 2.96. The fraction of sp³-hybridized carbons (Fsp3) is 0.0714. The van der Waals surface area contributed by atoms with Gasteiger partial charge in [-0.15, -0.1) is 0 Å². The lowest BCUT2D eigenvalue weighted by atomic mass is 10.1. The van der Waals surface area contributed by atoms with Gasteiger partial charge in [-0.2, -0.15) is 5.10 Å². The maximum Gasteiger partial charge on any atom is 0.356 e. The summed E-state index contributed by atoms with van der Waals surface area (Å²) in [6.45, 7) is 0. The number of carbonyl (C=O) groups is 1. The molecule has 21 heavy (non-hydrogen) atoms. The van der Waals surface area contributed by atoms with Gasteiger partial charge in [-0.1, -0.05) is 11.6 Å². The summed E-state index contributed by atoms with van der Waals surface area (Å²) < 4.78 is 19.0. The number of benzene rings is 1. The number of methoxy groups -OCH3 is 1. The van der Waals surface area contributed by atoms with E-state index in [1.165, 1.54) is 36.0 Å². The molecule has 5 nitrogen and oxygen atoms in total. The molecule has 1 aromatic carbocycles. The third-order valence-corrected chi connectivity index (χ3v) is 3.23. The summed E-state index contributed by atoms with van der Waals surface area (Å²) in [6.07, 6.45) is 1.39. The number of fused-ring (bicyclic) bond motifs is 1. The van der Waals surface area contributed by atoms with Gasteiger partial charge < -0.3 is 4.74 Å². The van der Waals surface area contributed by atoms with Gasteiger partial charge in [-0.05, 0) is 30.3 Å². The van der Waals surface area contributed by atoms with Crippen LogP contribution in [0.5, 0.6) is 0 Å². The Bertz CT molecular complexity index is 830. The third kappa shape index (κ3) is 2.34. The molecule has 3 rings (SSSR count). The van der Waals surface area contributed by atoms with Gasteiger partial charge in [0.2, 0.25) is 0 Å². The van der Waals surface area contributed by atoms with E-state index in [2.05, 4.69) is 10.1 Å². The predicted molar refractivity (Wildman–Crippen MR) is 74.7 cm³/mol. The van der Waals surface area contributed by atoms with Crippen LogP contribution >= 0.6 is 11.6 Å². The molecule has 2 heterocycles. The van der Waals surface area contributed by atoms with E-state index >= 15 is 0 Å². The lowest BCUT2D eigenvalue weighted by molar-refractivity contribution is 0.0590. The topological polar surface area (TPSA) is 56.5 Å². The minimum absolute atomic E-state index is 0.189. The summed E-state index contributed by atoms with van der Waals surface area (Å²) >= 11 is 6.02. The smallest absolute Gasteiger partial charge is 0.356 e. The van der Waals surface area contributed by atoms with Crippen LogP contribution in [0, 0.1) is 5.82 Å². The van der Waals surface area contributed by atoms with E-state index in [4.69, 9.17) is 16.3 Å². The second-order valence-electron chi connectivity index (χ2n) is 4.25. The van der Waals surface area contributed by atoms with Crippen molar-refractivity contribution in [3.63, 3.8) is 0 Å². The predicted octanol–water partition coefficient (Wildman–Crippen LogP) is 2.98. The van der Waals surface area contributed by atoms with Gasteiger partial charge >= 0.3 is 5.97 Å². The molecule has 0 unspecified atom stereocenters. The highest BCUT2D eigenvalue weighted by molar-refractivity contribution is 6.33. The van der Waals surface area contributed by atoms with Crippen LogP contribution in [-0.2, 0) is 4.74 Å². The first-order valence-electron chi connectivity index (χ1n) is 5.98. The van der Waals surface area contributed by atoms with Gasteiger partial charge in [0.1, 0.15) is 10.8 Å². The van der Waals surface area contributed by atoms with Crippen LogP contribution in [0.15, 0.2) is 36.5 Å². The molecule has 0 radical (unpaired) electrons. The van der Waals surface area contributed by atoms with Crippen LogP contribution in [0.1, 0.15) is 10.5 Å². The second-order valence-corrected chi connectivity index (χ2v) is 4.66. The Morgan fingerprint density at radius 1 is 1.33 bits per heavy atom. The maximum absolute atomic E-state index is 13.0. The van der Waals surface area contributed by atoms with Gasteiger partial charge in [0.25, 0.3) is 0 Å². The zero-order chi connectivity index (χ0) is 15.0. The van der Waals surface area contributed by atoms with Crippen molar-refractivity contribution in [2.75, 3.05) is 7.11 Å². The number of hydrogen-bond acceptors (Lipinski definition) is 4. The normalized spacial score (nSPS) is 10.8. The molecule has 0 amide bonds. The average molecular weight is 306 g/mol. The molecule has 0 atom stereocenters. The fourth-order valence-electron chi connectivity index (χ4n) is 1.95. The van der Waals surface area contributed by atoms with Gasteiger partial charge in [-0.25, -0.2) is 18.7 Å². The van der Waals surface area contributed by atoms with Crippen molar-refractivity contribution in [3.8, 4) is 11.3 Å². The van der Waals surface area contributed by atoms with E-state index in [1.807, 2.05) is 0 Å². The van der Waals surface area contributed by atoms with Gasteiger partial charge in [0.05, 0.1) is 19.0 Å². The number of ether oxygens (including phenoxy) is 1. The van der Waals surface area contributed by atoms with Crippen molar-refractivity contribution >= 4 is 23.2 Å². The lowest BCUT2D eigenvalue weighted by Gasteiger charge is -2.07. The number of nitrogens with zero attached hydrogens (tertiary/aromatic N) is 3. The monoisotopic (exact) mass is 305 g/mol. The maximum atomic E-state index is 13.0. The SMILES string of the molecule is COC(=O)c1cc(-c2ccc(F)cc2)nc2c(Cl)cnn12. The molecule has 0 spiro atoms. The van der Waals surface area contributed by atoms with E-state index in [0.717, 1.165) is 0 Å². The Morgan fingerprint density at radius 2 is 2.05 bits per heavy atom. The highest BCUT2D eigenvalue weighted by Gasteiger charge is 2.17. The largest absolute Gasteiger partial charge is 0.464 e. The molecule has 0 bridgehead atoms. The summed E-state index contributed by atoms with van der Waals surface area (Å²) in [6, 6.07) is 7.29. The summed E-state index contributed by atoms with van der Waals surface area (Å²) in [5.41, 5.74) is 1.65. The van der Waals surface area contributed by atoms with Gasteiger partial charge in [-0.3, -0.25) is 0 Å². The number of esters is 1. The fourth-order valence-corrected chi connectivity index (χ4v) is 2.12. The lowest BCUT2D eigenvalue weighted by Crippen LogP contribution is -2.10. The van der Waals surface area contributed by atoms with Crippen LogP contribution in [0.2, 0.25) is 5.02 Å². The molecule has 0 aliphatic carbocycles. The molecular formula is C14H9ClFN3O2. The standard InChI is InChI=1S/C14H9ClFN3O2/c1-21-14(20)12-6-11(8-2-4-9(16)5-3-8)18-13-10(15)7-17-19(12)13/h2-7H,1H3. The van der Waals surface area contributed by atoms with Crippen molar-refractivity contribution < 1.29 is 13.9 Å². The van der Waals surface area contributed by atoms with E-state index in [0.29, 0.717) is 21.9 Å². The Morgan fingerprint density at radius 3 is 2.71 bits per heavy atom. The summed E-state index contributed by atoms with van der Waals surface area (Å²) in [5.74, 6) is -0.916. The summed E-state index contributed by atoms with van der Waals surface area (Å²) in [7, 11) is 1.28. The molecule has 106 valence electrons. The van der Waals surface area contributed by atoms with Crippen molar-refractivity contribution in [2.24, 2.45) is 0 Å². The van der Waals surface area contributed by atoms with Crippen LogP contribution in [0.4, 0.5) is 4.39 Å². The Kier molecular flexibility index (Phi) is 3.31. The average Bonchev–Trinajstić information content (AvgIpc) is 2.88. The molecule has 2 aromatic heterocycles. The molecule has 0 saturated heterocycles. The van der Waals surface area contributed by atoms with Crippen LogP contribution < -0.4 is 0 Å². The molecule has 0 fully saturated rings. The van der Waals surface area contributed by atoms with E-state index < -0.39 is 5.97 Å². The number of hydrogen-bond donors (Lipinski definition) is 0. The Labute approximate surface area is 123 Å². The van der Waals surface area contributed by atoms with Gasteiger partial charge in [0, 0.05) is 5.56 Å². The van der Waals surface area contributed by atoms with E-state index in [-0.39, 0.29) is 11.5 Å². The summed E-state index contributed by atoms with van der Waals surface area (Å²) in [4.78, 5) is 16.2. The van der Waals surface area contributed by atoms with Crippen LogP contribution in [0.25, 0.3) is 16.9 Å². The molecule has 0 aliphatic heterocycles. The Hall–Kier alpha value is -2.47. The van der Waals surface area contributed by atoms with Crippen LogP contribution in [0.3, 0.4) is 0 Å². The van der Waals surface area contributed by atoms with Crippen molar-refractivity contribution in [3.05, 3.63) is 53.1 Å². The number of aromatic nitrogens is 3. The first-order chi connectivity index (χ1) is 10.1. The number of halogens is 2. The zero-order valence-electron chi connectivity index (χ0n) is 10.9. The molecule has 0 saturated carbocycles. The second kappa shape index (κ2) is 5.14. The molecule has 3 aromatic rings. The highest BCUT2D eigenvalue weighted by Crippen LogP contribution is 2.23. The molecular weight excluding hydrogens is 297 g/mol. The van der Waals surface area contributed by atoms with Crippen molar-refractivity contribution in [1.82, 2.24) is 14.6 Å². The number of carbonyl (C=O) groups excluding carboxylic acids is 1. The summed E-state index contributed by atoms with van der Waals surface area (Å²) in [5, 5.41) is 4.31. The minimum atomic E-state index is -0.564. The minimum Gasteiger partial charge on any atom is -0.464 e. The highest BCUT2D eigenvalue weighted by atomic mass is 35.5. The molecule has 7 heteroatoms. The first kappa shape index (κ1) is 13.5. The van der Waals surface area contributed by atoms with E-state index in [1.54, 1.807) is 12.1 Å². The first-order valence-corrected chi connectivity index (χ1v) is 6.36. The quantitative estimate of drug-likeness (QED) is 0.683. The van der Waals surface area contributed by atoms with E-state index in [9.17, 15) is 9.18 Å². The zero-order valence-corrected chi connectivity index (χ0v) is 11.6. The van der Waals surface area contributed by atoms with Crippen LogP contribution in [-0.4, -0.2) is 27.7 Å². The van der Waals surface area contributed by atoms with Crippen molar-refractivity contribution in [1.29, 1.82) is 0 Å².